The number of ether oxygens (including phenoxy) is 2. The molecule has 1 aromatic heterocycles. The number of unbranched alkanes of at least 4 members (excludes halogenated alkanes) is 1. The van der Waals surface area contributed by atoms with Crippen molar-refractivity contribution in [1.29, 1.82) is 0 Å². The van der Waals surface area contributed by atoms with Crippen LogP contribution in [-0.2, 0) is 4.74 Å². The first-order valence-electron chi connectivity index (χ1n) is 6.34. The zero-order valence-corrected chi connectivity index (χ0v) is 12.4. The number of nitrogens with zero attached hydrogens (tertiary/aromatic N) is 1. The number of hydrogen-bond acceptors (Lipinski definition) is 4. The summed E-state index contributed by atoms with van der Waals surface area (Å²) in [7, 11) is 0. The van der Waals surface area contributed by atoms with E-state index < -0.39 is 0 Å². The predicted octanol–water partition coefficient (Wildman–Crippen LogP) is 2.63. The fourth-order valence-electron chi connectivity index (χ4n) is 1.33. The minimum absolute atomic E-state index is 0.632. The van der Waals surface area contributed by atoms with Gasteiger partial charge in [0.1, 0.15) is 12.4 Å². The Hall–Kier alpha value is -0.650. The highest BCUT2D eigenvalue weighted by molar-refractivity contribution is 9.10. The third-order valence-electron chi connectivity index (χ3n) is 2.29. The Morgan fingerprint density at radius 1 is 1.22 bits per heavy atom. The van der Waals surface area contributed by atoms with Gasteiger partial charge < -0.3 is 14.8 Å². The maximum atomic E-state index is 5.54. The van der Waals surface area contributed by atoms with E-state index in [4.69, 9.17) is 9.47 Å². The molecule has 1 aromatic rings. The fourth-order valence-corrected chi connectivity index (χ4v) is 1.67. The Labute approximate surface area is 117 Å². The van der Waals surface area contributed by atoms with Gasteiger partial charge in [-0.15, -0.1) is 0 Å². The lowest BCUT2D eigenvalue weighted by Gasteiger charge is -2.07. The van der Waals surface area contributed by atoms with E-state index in [0.29, 0.717) is 6.61 Å². The lowest BCUT2D eigenvalue weighted by atomic mass is 10.4. The van der Waals surface area contributed by atoms with Gasteiger partial charge in [-0.1, -0.05) is 13.3 Å². The van der Waals surface area contributed by atoms with Gasteiger partial charge in [0, 0.05) is 30.4 Å². The zero-order chi connectivity index (χ0) is 13.1. The molecule has 4 nitrogen and oxygen atoms in total. The maximum Gasteiger partial charge on any atom is 0.138 e. The molecule has 0 unspecified atom stereocenters. The van der Waals surface area contributed by atoms with Gasteiger partial charge in [-0.3, -0.25) is 4.98 Å². The summed E-state index contributed by atoms with van der Waals surface area (Å²) in [5, 5.41) is 3.27. The minimum Gasteiger partial charge on any atom is -0.491 e. The van der Waals surface area contributed by atoms with E-state index >= 15 is 0 Å². The molecule has 5 heteroatoms. The van der Waals surface area contributed by atoms with Crippen LogP contribution in [0.3, 0.4) is 0 Å². The van der Waals surface area contributed by atoms with E-state index in [2.05, 4.69) is 33.2 Å². The van der Waals surface area contributed by atoms with E-state index in [1.54, 1.807) is 12.4 Å². The highest BCUT2D eigenvalue weighted by atomic mass is 79.9. The summed E-state index contributed by atoms with van der Waals surface area (Å²) in [5.74, 6) is 0.783. The Morgan fingerprint density at radius 2 is 2.06 bits per heavy atom. The smallest absolute Gasteiger partial charge is 0.138 e. The first kappa shape index (κ1) is 15.4. The van der Waals surface area contributed by atoms with Crippen molar-refractivity contribution in [1.82, 2.24) is 10.3 Å². The standard InChI is InChI=1S/C13H21BrN2O2/c1-2-3-6-17-7-4-15-5-8-18-13-9-12(14)10-16-11-13/h9-11,15H,2-8H2,1H3. The topological polar surface area (TPSA) is 43.4 Å². The van der Waals surface area contributed by atoms with Gasteiger partial charge >= 0.3 is 0 Å². The van der Waals surface area contributed by atoms with E-state index in [-0.39, 0.29) is 0 Å². The normalized spacial score (nSPS) is 10.6. The summed E-state index contributed by atoms with van der Waals surface area (Å²) in [6.45, 7) is 6.09. The summed E-state index contributed by atoms with van der Waals surface area (Å²) >= 11 is 3.35. The summed E-state index contributed by atoms with van der Waals surface area (Å²) in [6.07, 6.45) is 5.76. The van der Waals surface area contributed by atoms with Gasteiger partial charge in [-0.25, -0.2) is 0 Å². The molecule has 0 saturated heterocycles. The molecule has 0 radical (unpaired) electrons. The van der Waals surface area contributed by atoms with E-state index in [0.717, 1.165) is 42.9 Å². The highest BCUT2D eigenvalue weighted by Crippen LogP contribution is 2.15. The van der Waals surface area contributed by atoms with Crippen LogP contribution < -0.4 is 10.1 Å². The van der Waals surface area contributed by atoms with Crippen molar-refractivity contribution in [2.24, 2.45) is 0 Å². The number of halogens is 1. The molecular formula is C13H21BrN2O2. The molecule has 0 aliphatic carbocycles. The molecule has 0 fully saturated rings. The Morgan fingerprint density at radius 3 is 2.83 bits per heavy atom. The van der Waals surface area contributed by atoms with Crippen molar-refractivity contribution >= 4 is 15.9 Å². The number of rotatable bonds is 10. The lowest BCUT2D eigenvalue weighted by Crippen LogP contribution is -2.25. The summed E-state index contributed by atoms with van der Waals surface area (Å²) in [6, 6.07) is 1.90. The second-order valence-electron chi connectivity index (χ2n) is 3.90. The highest BCUT2D eigenvalue weighted by Gasteiger charge is 1.95. The summed E-state index contributed by atoms with van der Waals surface area (Å²) in [5.41, 5.74) is 0. The second kappa shape index (κ2) is 10.3. The molecule has 102 valence electrons. The molecule has 0 aliphatic heterocycles. The third kappa shape index (κ3) is 7.63. The predicted molar refractivity (Wildman–Crippen MR) is 76.0 cm³/mol. The molecule has 0 aliphatic rings. The van der Waals surface area contributed by atoms with Crippen molar-refractivity contribution in [3.8, 4) is 5.75 Å². The van der Waals surface area contributed by atoms with Crippen LogP contribution in [-0.4, -0.2) is 37.9 Å². The molecule has 18 heavy (non-hydrogen) atoms. The quantitative estimate of drug-likeness (QED) is 0.674. The molecular weight excluding hydrogens is 296 g/mol. The minimum atomic E-state index is 0.632. The second-order valence-corrected chi connectivity index (χ2v) is 4.82. The van der Waals surface area contributed by atoms with Crippen molar-refractivity contribution in [3.63, 3.8) is 0 Å². The van der Waals surface area contributed by atoms with Gasteiger partial charge in [0.25, 0.3) is 0 Å². The van der Waals surface area contributed by atoms with Crippen LogP contribution in [0, 0.1) is 0 Å². The van der Waals surface area contributed by atoms with Crippen LogP contribution in [0.15, 0.2) is 22.9 Å². The van der Waals surface area contributed by atoms with Crippen LogP contribution in [0.25, 0.3) is 0 Å². The Balaban J connectivity index is 1.92. The molecule has 0 amide bonds. The maximum absolute atomic E-state index is 5.54. The number of aromatic nitrogens is 1. The summed E-state index contributed by atoms with van der Waals surface area (Å²) in [4.78, 5) is 4.03. The number of pyridine rings is 1. The van der Waals surface area contributed by atoms with Gasteiger partial charge in [0.15, 0.2) is 0 Å². The average Bonchev–Trinajstić information content (AvgIpc) is 2.37. The van der Waals surface area contributed by atoms with Crippen LogP contribution in [0.2, 0.25) is 0 Å². The molecule has 0 bridgehead atoms. The van der Waals surface area contributed by atoms with Crippen molar-refractivity contribution in [2.75, 3.05) is 32.9 Å². The summed E-state index contributed by atoms with van der Waals surface area (Å²) < 4.78 is 11.9. The molecule has 0 saturated carbocycles. The molecule has 1 rings (SSSR count). The van der Waals surface area contributed by atoms with E-state index in [1.165, 1.54) is 6.42 Å². The van der Waals surface area contributed by atoms with Gasteiger partial charge in [0.05, 0.1) is 12.8 Å². The van der Waals surface area contributed by atoms with Gasteiger partial charge in [-0.2, -0.15) is 0 Å². The molecule has 1 N–H and O–H groups in total. The fraction of sp³-hybridized carbons (Fsp3) is 0.615. The monoisotopic (exact) mass is 316 g/mol. The lowest BCUT2D eigenvalue weighted by molar-refractivity contribution is 0.132. The van der Waals surface area contributed by atoms with E-state index in [1.807, 2.05) is 6.07 Å². The molecule has 0 spiro atoms. The first-order valence-corrected chi connectivity index (χ1v) is 7.14. The zero-order valence-electron chi connectivity index (χ0n) is 10.8. The third-order valence-corrected chi connectivity index (χ3v) is 2.73. The van der Waals surface area contributed by atoms with Crippen LogP contribution in [0.4, 0.5) is 0 Å². The van der Waals surface area contributed by atoms with Crippen molar-refractivity contribution in [2.45, 2.75) is 19.8 Å². The van der Waals surface area contributed by atoms with Gasteiger partial charge in [0.2, 0.25) is 0 Å². The Kier molecular flexibility index (Phi) is 8.81. The van der Waals surface area contributed by atoms with Crippen LogP contribution in [0.1, 0.15) is 19.8 Å². The molecule has 0 atom stereocenters. The average molecular weight is 317 g/mol. The molecule has 1 heterocycles. The Bertz CT molecular complexity index is 324. The van der Waals surface area contributed by atoms with Gasteiger partial charge in [-0.05, 0) is 28.4 Å². The van der Waals surface area contributed by atoms with Crippen LogP contribution >= 0.6 is 15.9 Å². The largest absolute Gasteiger partial charge is 0.491 e. The SMILES string of the molecule is CCCCOCCNCCOc1cncc(Br)c1. The van der Waals surface area contributed by atoms with Crippen molar-refractivity contribution < 1.29 is 9.47 Å². The molecule has 0 aromatic carbocycles. The van der Waals surface area contributed by atoms with Crippen molar-refractivity contribution in [3.05, 3.63) is 22.9 Å². The van der Waals surface area contributed by atoms with E-state index in [9.17, 15) is 0 Å². The van der Waals surface area contributed by atoms with Crippen LogP contribution in [0.5, 0.6) is 5.75 Å². The number of nitrogens with one attached hydrogen (secondary N) is 1. The number of hydrogen-bond donors (Lipinski definition) is 1. The first-order chi connectivity index (χ1) is 8.83.